The van der Waals surface area contributed by atoms with Crippen LogP contribution >= 0.6 is 0 Å². The third-order valence-electron chi connectivity index (χ3n) is 3.95. The van der Waals surface area contributed by atoms with Crippen molar-refractivity contribution in [1.82, 2.24) is 9.88 Å². The minimum atomic E-state index is -0.0876. The number of carbonyl (C=O) groups is 1. The molecular formula is C20H20N2O2. The molecule has 24 heavy (non-hydrogen) atoms. The normalized spacial score (nSPS) is 10.8. The second-order valence-electron chi connectivity index (χ2n) is 5.80. The Kier molecular flexibility index (Phi) is 4.87. The molecule has 4 nitrogen and oxygen atoms in total. The molecule has 0 unspecified atom stereocenters. The van der Waals surface area contributed by atoms with E-state index in [2.05, 4.69) is 4.98 Å². The van der Waals surface area contributed by atoms with Gasteiger partial charge in [0.25, 0.3) is 5.91 Å². The summed E-state index contributed by atoms with van der Waals surface area (Å²) in [6.07, 6.45) is 0. The second-order valence-corrected chi connectivity index (χ2v) is 5.80. The molecule has 1 amide bonds. The summed E-state index contributed by atoms with van der Waals surface area (Å²) in [6, 6.07) is 19.2. The van der Waals surface area contributed by atoms with Gasteiger partial charge in [-0.05, 0) is 36.8 Å². The van der Waals surface area contributed by atoms with Crippen LogP contribution in [-0.2, 0) is 6.54 Å². The topological polar surface area (TPSA) is 53.4 Å². The molecule has 1 N–H and O–H groups in total. The van der Waals surface area contributed by atoms with Crippen LogP contribution in [0.3, 0.4) is 0 Å². The summed E-state index contributed by atoms with van der Waals surface area (Å²) in [5.41, 5.74) is 3.48. The molecule has 0 saturated carbocycles. The van der Waals surface area contributed by atoms with Gasteiger partial charge in [-0.15, -0.1) is 0 Å². The Bertz CT molecular complexity index is 847. The maximum absolute atomic E-state index is 12.8. The van der Waals surface area contributed by atoms with Gasteiger partial charge in [-0.3, -0.25) is 9.78 Å². The van der Waals surface area contributed by atoms with E-state index in [-0.39, 0.29) is 12.5 Å². The van der Waals surface area contributed by atoms with Crippen LogP contribution in [0.5, 0.6) is 0 Å². The zero-order valence-electron chi connectivity index (χ0n) is 13.6. The van der Waals surface area contributed by atoms with E-state index in [4.69, 9.17) is 0 Å². The Morgan fingerprint density at radius 2 is 1.88 bits per heavy atom. The van der Waals surface area contributed by atoms with E-state index in [1.54, 1.807) is 11.0 Å². The lowest BCUT2D eigenvalue weighted by molar-refractivity contribution is 0.0708. The summed E-state index contributed by atoms with van der Waals surface area (Å²) in [6.45, 7) is 2.66. The summed E-state index contributed by atoms with van der Waals surface area (Å²) in [7, 11) is 0. The predicted molar refractivity (Wildman–Crippen MR) is 94.7 cm³/mol. The molecule has 0 saturated heterocycles. The van der Waals surface area contributed by atoms with Crippen molar-refractivity contribution in [3.63, 3.8) is 0 Å². The van der Waals surface area contributed by atoms with Crippen LogP contribution in [0.1, 0.15) is 21.6 Å². The molecule has 0 spiro atoms. The summed E-state index contributed by atoms with van der Waals surface area (Å²) in [5.74, 6) is -0.0876. The van der Waals surface area contributed by atoms with Crippen molar-refractivity contribution < 1.29 is 9.90 Å². The quantitative estimate of drug-likeness (QED) is 0.785. The van der Waals surface area contributed by atoms with Crippen molar-refractivity contribution in [2.75, 3.05) is 13.2 Å². The fraction of sp³-hybridized carbons (Fsp3) is 0.200. The van der Waals surface area contributed by atoms with Crippen LogP contribution in [0.4, 0.5) is 0 Å². The van der Waals surface area contributed by atoms with E-state index in [1.807, 2.05) is 61.5 Å². The fourth-order valence-electron chi connectivity index (χ4n) is 2.72. The lowest BCUT2D eigenvalue weighted by Gasteiger charge is -2.22. The van der Waals surface area contributed by atoms with Gasteiger partial charge in [0.1, 0.15) is 0 Å². The number of nitrogens with zero attached hydrogens (tertiary/aromatic N) is 2. The molecule has 0 radical (unpaired) electrons. The number of hydrogen-bond acceptors (Lipinski definition) is 3. The molecule has 122 valence electrons. The number of aromatic nitrogens is 1. The van der Waals surface area contributed by atoms with Gasteiger partial charge in [0.05, 0.1) is 12.1 Å². The number of rotatable bonds is 5. The monoisotopic (exact) mass is 320 g/mol. The van der Waals surface area contributed by atoms with Gasteiger partial charge in [0.2, 0.25) is 0 Å². The molecule has 3 rings (SSSR count). The van der Waals surface area contributed by atoms with E-state index in [1.165, 1.54) is 0 Å². The first kappa shape index (κ1) is 16.1. The van der Waals surface area contributed by atoms with Crippen LogP contribution in [0, 0.1) is 6.92 Å². The zero-order valence-corrected chi connectivity index (χ0v) is 13.6. The number of aryl methyl sites for hydroxylation is 1. The smallest absolute Gasteiger partial charge is 0.254 e. The fourth-order valence-corrected chi connectivity index (χ4v) is 2.72. The highest BCUT2D eigenvalue weighted by Crippen LogP contribution is 2.17. The third kappa shape index (κ3) is 3.60. The number of hydrogen-bond donors (Lipinski definition) is 1. The van der Waals surface area contributed by atoms with Crippen molar-refractivity contribution in [2.45, 2.75) is 13.5 Å². The van der Waals surface area contributed by atoms with Gasteiger partial charge in [-0.1, -0.05) is 36.4 Å². The molecule has 0 aliphatic carbocycles. The summed E-state index contributed by atoms with van der Waals surface area (Å²) < 4.78 is 0. The number of amides is 1. The molecule has 3 aromatic rings. The molecule has 0 fully saturated rings. The highest BCUT2D eigenvalue weighted by molar-refractivity contribution is 5.98. The van der Waals surface area contributed by atoms with Crippen LogP contribution in [-0.4, -0.2) is 34.0 Å². The Balaban J connectivity index is 1.87. The van der Waals surface area contributed by atoms with Crippen LogP contribution in [0.2, 0.25) is 0 Å². The first-order valence-corrected chi connectivity index (χ1v) is 7.99. The van der Waals surface area contributed by atoms with Gasteiger partial charge >= 0.3 is 0 Å². The van der Waals surface area contributed by atoms with Gasteiger partial charge in [0, 0.05) is 29.7 Å². The van der Waals surface area contributed by atoms with Crippen LogP contribution < -0.4 is 0 Å². The maximum atomic E-state index is 12.8. The molecule has 0 aliphatic heterocycles. The maximum Gasteiger partial charge on any atom is 0.254 e. The molecular weight excluding hydrogens is 300 g/mol. The standard InChI is InChI=1S/C20H20N2O2/c1-15-7-8-17-13-18(9-10-19(17)21-15)20(24)22(11-12-23)14-16-5-3-2-4-6-16/h2-10,13,23H,11-12,14H2,1H3. The summed E-state index contributed by atoms with van der Waals surface area (Å²) in [5, 5.41) is 10.2. The number of aliphatic hydroxyl groups excluding tert-OH is 1. The Morgan fingerprint density at radius 1 is 1.08 bits per heavy atom. The lowest BCUT2D eigenvalue weighted by Crippen LogP contribution is -2.33. The average molecular weight is 320 g/mol. The number of benzene rings is 2. The van der Waals surface area contributed by atoms with E-state index in [0.717, 1.165) is 22.2 Å². The summed E-state index contributed by atoms with van der Waals surface area (Å²) in [4.78, 5) is 19.0. The number of aliphatic hydroxyl groups is 1. The van der Waals surface area contributed by atoms with Crippen molar-refractivity contribution in [3.05, 3.63) is 77.5 Å². The highest BCUT2D eigenvalue weighted by atomic mass is 16.3. The van der Waals surface area contributed by atoms with Gasteiger partial charge < -0.3 is 10.0 Å². The SMILES string of the molecule is Cc1ccc2cc(C(=O)N(CCO)Cc3ccccc3)ccc2n1. The minimum absolute atomic E-state index is 0.0626. The Labute approximate surface area is 141 Å². The number of fused-ring (bicyclic) bond motifs is 1. The first-order valence-electron chi connectivity index (χ1n) is 7.99. The van der Waals surface area contributed by atoms with E-state index in [9.17, 15) is 9.90 Å². The Morgan fingerprint density at radius 3 is 2.62 bits per heavy atom. The van der Waals surface area contributed by atoms with Crippen LogP contribution in [0.15, 0.2) is 60.7 Å². The molecule has 0 bridgehead atoms. The van der Waals surface area contributed by atoms with Gasteiger partial charge in [-0.2, -0.15) is 0 Å². The molecule has 1 aromatic heterocycles. The zero-order chi connectivity index (χ0) is 16.9. The van der Waals surface area contributed by atoms with Gasteiger partial charge in [-0.25, -0.2) is 0 Å². The number of pyridine rings is 1. The number of carbonyl (C=O) groups excluding carboxylic acids is 1. The third-order valence-corrected chi connectivity index (χ3v) is 3.95. The first-order chi connectivity index (χ1) is 11.7. The molecule has 0 atom stereocenters. The van der Waals surface area contributed by atoms with Crippen molar-refractivity contribution >= 4 is 16.8 Å². The molecule has 2 aromatic carbocycles. The molecule has 1 heterocycles. The molecule has 4 heteroatoms. The van der Waals surface area contributed by atoms with Crippen molar-refractivity contribution in [2.24, 2.45) is 0 Å². The van der Waals surface area contributed by atoms with Crippen LogP contribution in [0.25, 0.3) is 10.9 Å². The van der Waals surface area contributed by atoms with Gasteiger partial charge in [0.15, 0.2) is 0 Å². The Hall–Kier alpha value is -2.72. The van der Waals surface area contributed by atoms with E-state index in [0.29, 0.717) is 18.7 Å². The predicted octanol–water partition coefficient (Wildman–Crippen LogP) is 3.18. The van der Waals surface area contributed by atoms with E-state index >= 15 is 0 Å². The largest absolute Gasteiger partial charge is 0.395 e. The highest BCUT2D eigenvalue weighted by Gasteiger charge is 2.16. The lowest BCUT2D eigenvalue weighted by atomic mass is 10.1. The van der Waals surface area contributed by atoms with Crippen molar-refractivity contribution in [3.8, 4) is 0 Å². The minimum Gasteiger partial charge on any atom is -0.395 e. The summed E-state index contributed by atoms with van der Waals surface area (Å²) >= 11 is 0. The average Bonchev–Trinajstić information content (AvgIpc) is 2.61. The molecule has 0 aliphatic rings. The second kappa shape index (κ2) is 7.23. The van der Waals surface area contributed by atoms with Crippen molar-refractivity contribution in [1.29, 1.82) is 0 Å². The van der Waals surface area contributed by atoms with E-state index < -0.39 is 0 Å².